The van der Waals surface area contributed by atoms with Crippen molar-refractivity contribution in [2.24, 2.45) is 0 Å². The zero-order valence-corrected chi connectivity index (χ0v) is 12.3. The van der Waals surface area contributed by atoms with E-state index in [9.17, 15) is 9.59 Å². The lowest BCUT2D eigenvalue weighted by atomic mass is 10.1. The van der Waals surface area contributed by atoms with E-state index in [0.29, 0.717) is 4.47 Å². The molecular weight excluding hydrogens is 348 g/mol. The van der Waals surface area contributed by atoms with Crippen LogP contribution in [-0.4, -0.2) is 22.0 Å². The lowest BCUT2D eigenvalue weighted by Gasteiger charge is -2.09. The van der Waals surface area contributed by atoms with E-state index in [1.54, 1.807) is 12.1 Å². The molecule has 0 radical (unpaired) electrons. The highest BCUT2D eigenvalue weighted by molar-refractivity contribution is 9.10. The minimum atomic E-state index is -1.18. The van der Waals surface area contributed by atoms with Gasteiger partial charge in [0.15, 0.2) is 0 Å². The Morgan fingerprint density at radius 3 is 2.70 bits per heavy atom. The largest absolute Gasteiger partial charge is 0.478 e. The van der Waals surface area contributed by atoms with E-state index in [4.69, 9.17) is 16.7 Å². The number of carbonyl (C=O) groups excluding carboxylic acids is 1. The third-order valence-electron chi connectivity index (χ3n) is 2.43. The van der Waals surface area contributed by atoms with Crippen LogP contribution in [0.4, 0.5) is 5.69 Å². The van der Waals surface area contributed by atoms with Crippen LogP contribution >= 0.6 is 27.5 Å². The molecule has 0 aliphatic heterocycles. The number of rotatable bonds is 3. The van der Waals surface area contributed by atoms with E-state index in [1.807, 2.05) is 0 Å². The molecule has 5 nitrogen and oxygen atoms in total. The standard InChI is InChI=1S/C13H8BrClN2O3/c14-9-2-1-5-16-11(9)12(18)17-10-4-3-7(15)6-8(10)13(19)20/h1-6H,(H,17,18)(H,19,20). The lowest BCUT2D eigenvalue weighted by Crippen LogP contribution is -2.16. The van der Waals surface area contributed by atoms with Crippen LogP contribution in [0.15, 0.2) is 41.0 Å². The van der Waals surface area contributed by atoms with Gasteiger partial charge in [-0.2, -0.15) is 0 Å². The number of nitrogens with zero attached hydrogens (tertiary/aromatic N) is 1. The van der Waals surface area contributed by atoms with Gasteiger partial charge < -0.3 is 10.4 Å². The molecule has 0 saturated carbocycles. The van der Waals surface area contributed by atoms with Gasteiger partial charge in [0.1, 0.15) is 5.69 Å². The zero-order valence-electron chi connectivity index (χ0n) is 9.93. The van der Waals surface area contributed by atoms with Crippen LogP contribution in [0, 0.1) is 0 Å². The molecule has 1 amide bonds. The van der Waals surface area contributed by atoms with Gasteiger partial charge in [-0.15, -0.1) is 0 Å². The third-order valence-corrected chi connectivity index (χ3v) is 3.31. The summed E-state index contributed by atoms with van der Waals surface area (Å²) in [6.45, 7) is 0. The number of carboxylic acids is 1. The first-order chi connectivity index (χ1) is 9.49. The van der Waals surface area contributed by atoms with Gasteiger partial charge in [-0.1, -0.05) is 11.6 Å². The Hall–Kier alpha value is -1.92. The summed E-state index contributed by atoms with van der Waals surface area (Å²) in [5.41, 5.74) is 0.237. The number of anilines is 1. The number of hydrogen-bond acceptors (Lipinski definition) is 3. The van der Waals surface area contributed by atoms with Crippen molar-refractivity contribution in [3.05, 3.63) is 57.3 Å². The maximum absolute atomic E-state index is 12.1. The van der Waals surface area contributed by atoms with Gasteiger partial charge >= 0.3 is 5.97 Å². The molecule has 0 spiro atoms. The van der Waals surface area contributed by atoms with Crippen molar-refractivity contribution in [1.82, 2.24) is 4.98 Å². The third kappa shape index (κ3) is 3.15. The lowest BCUT2D eigenvalue weighted by molar-refractivity contribution is 0.0698. The Morgan fingerprint density at radius 2 is 2.05 bits per heavy atom. The monoisotopic (exact) mass is 354 g/mol. The quantitative estimate of drug-likeness (QED) is 0.884. The zero-order chi connectivity index (χ0) is 14.7. The highest BCUT2D eigenvalue weighted by atomic mass is 79.9. The average molecular weight is 356 g/mol. The highest BCUT2D eigenvalue weighted by Gasteiger charge is 2.16. The average Bonchev–Trinajstić information content (AvgIpc) is 2.41. The number of aromatic nitrogens is 1. The van der Waals surface area contributed by atoms with Gasteiger partial charge in [-0.3, -0.25) is 4.79 Å². The molecule has 0 bridgehead atoms. The maximum Gasteiger partial charge on any atom is 0.337 e. The Kier molecular flexibility index (Phi) is 4.36. The van der Waals surface area contributed by atoms with E-state index in [0.717, 1.165) is 0 Å². The smallest absolute Gasteiger partial charge is 0.337 e. The molecule has 0 saturated heterocycles. The maximum atomic E-state index is 12.1. The number of carbonyl (C=O) groups is 2. The van der Waals surface area contributed by atoms with Crippen molar-refractivity contribution >= 4 is 45.1 Å². The summed E-state index contributed by atoms with van der Waals surface area (Å²) >= 11 is 8.95. The topological polar surface area (TPSA) is 79.3 Å². The fourth-order valence-corrected chi connectivity index (χ4v) is 2.14. The minimum Gasteiger partial charge on any atom is -0.478 e. The van der Waals surface area contributed by atoms with Crippen LogP contribution in [0.2, 0.25) is 5.02 Å². The molecule has 7 heteroatoms. The van der Waals surface area contributed by atoms with Crippen LogP contribution in [0.25, 0.3) is 0 Å². The molecular formula is C13H8BrClN2O3. The number of pyridine rings is 1. The van der Waals surface area contributed by atoms with E-state index in [1.165, 1.54) is 24.4 Å². The summed E-state index contributed by atoms with van der Waals surface area (Å²) in [5, 5.41) is 11.9. The van der Waals surface area contributed by atoms with Crippen molar-refractivity contribution in [2.75, 3.05) is 5.32 Å². The second kappa shape index (κ2) is 6.02. The predicted octanol–water partition coefficient (Wildman–Crippen LogP) is 3.45. The van der Waals surface area contributed by atoms with Crippen molar-refractivity contribution in [2.45, 2.75) is 0 Å². The highest BCUT2D eigenvalue weighted by Crippen LogP contribution is 2.22. The molecule has 1 aromatic heterocycles. The molecule has 2 aromatic rings. The molecule has 0 fully saturated rings. The fourth-order valence-electron chi connectivity index (χ4n) is 1.54. The molecule has 1 aromatic carbocycles. The number of amides is 1. The Balaban J connectivity index is 2.33. The van der Waals surface area contributed by atoms with Crippen LogP contribution < -0.4 is 5.32 Å². The Bertz CT molecular complexity index is 691. The van der Waals surface area contributed by atoms with Crippen LogP contribution in [0.3, 0.4) is 0 Å². The summed E-state index contributed by atoms with van der Waals surface area (Å²) in [4.78, 5) is 27.1. The van der Waals surface area contributed by atoms with E-state index >= 15 is 0 Å². The van der Waals surface area contributed by atoms with Crippen LogP contribution in [0.1, 0.15) is 20.8 Å². The Labute approximate surface area is 127 Å². The van der Waals surface area contributed by atoms with Crippen molar-refractivity contribution in [3.63, 3.8) is 0 Å². The summed E-state index contributed by atoms with van der Waals surface area (Å²) in [6.07, 6.45) is 1.47. The summed E-state index contributed by atoms with van der Waals surface area (Å²) in [7, 11) is 0. The molecule has 2 rings (SSSR count). The van der Waals surface area contributed by atoms with Crippen LogP contribution in [-0.2, 0) is 0 Å². The van der Waals surface area contributed by atoms with E-state index in [-0.39, 0.29) is 22.0 Å². The van der Waals surface area contributed by atoms with Gasteiger partial charge in [0.25, 0.3) is 5.91 Å². The number of hydrogen-bond donors (Lipinski definition) is 2. The SMILES string of the molecule is O=C(O)c1cc(Cl)ccc1NC(=O)c1ncccc1Br. The van der Waals surface area contributed by atoms with Gasteiger partial charge in [-0.25, -0.2) is 9.78 Å². The van der Waals surface area contributed by atoms with E-state index < -0.39 is 11.9 Å². The number of carboxylic acid groups (broad SMARTS) is 1. The molecule has 102 valence electrons. The van der Waals surface area contributed by atoms with Gasteiger partial charge in [0.05, 0.1) is 11.3 Å². The molecule has 2 N–H and O–H groups in total. The fraction of sp³-hybridized carbons (Fsp3) is 0. The first-order valence-electron chi connectivity index (χ1n) is 5.44. The minimum absolute atomic E-state index is 0.0853. The van der Waals surface area contributed by atoms with Gasteiger partial charge in [0, 0.05) is 15.7 Å². The summed E-state index contributed by atoms with van der Waals surface area (Å²) < 4.78 is 0.517. The molecule has 0 unspecified atom stereocenters. The molecule has 0 aliphatic rings. The van der Waals surface area contributed by atoms with Gasteiger partial charge in [-0.05, 0) is 46.3 Å². The predicted molar refractivity (Wildman–Crippen MR) is 78.3 cm³/mol. The normalized spacial score (nSPS) is 10.1. The van der Waals surface area contributed by atoms with Crippen molar-refractivity contribution < 1.29 is 14.7 Å². The summed E-state index contributed by atoms with van der Waals surface area (Å²) in [5.74, 6) is -1.69. The number of nitrogens with one attached hydrogen (secondary N) is 1. The second-order valence-electron chi connectivity index (χ2n) is 3.78. The first kappa shape index (κ1) is 14.5. The molecule has 0 aliphatic carbocycles. The number of benzene rings is 1. The summed E-state index contributed by atoms with van der Waals surface area (Å²) in [6, 6.07) is 7.54. The van der Waals surface area contributed by atoms with Crippen LogP contribution in [0.5, 0.6) is 0 Å². The number of halogens is 2. The molecule has 1 heterocycles. The number of aromatic carboxylic acids is 1. The molecule has 20 heavy (non-hydrogen) atoms. The van der Waals surface area contributed by atoms with E-state index in [2.05, 4.69) is 26.2 Å². The molecule has 0 atom stereocenters. The van der Waals surface area contributed by atoms with Crippen molar-refractivity contribution in [3.8, 4) is 0 Å². The van der Waals surface area contributed by atoms with Gasteiger partial charge in [0.2, 0.25) is 0 Å². The second-order valence-corrected chi connectivity index (χ2v) is 5.07. The van der Waals surface area contributed by atoms with Crippen molar-refractivity contribution in [1.29, 1.82) is 0 Å². The first-order valence-corrected chi connectivity index (χ1v) is 6.61. The Morgan fingerprint density at radius 1 is 1.30 bits per heavy atom.